The molecule has 1 aromatic carbocycles. The second kappa shape index (κ2) is 6.34. The van der Waals surface area contributed by atoms with E-state index in [4.69, 9.17) is 10.5 Å². The number of rotatable bonds is 5. The summed E-state index contributed by atoms with van der Waals surface area (Å²) in [5.74, 6) is -4.36. The van der Waals surface area contributed by atoms with Gasteiger partial charge in [-0.2, -0.15) is 0 Å². The molecule has 2 N–H and O–H groups in total. The minimum atomic E-state index is -1.80. The fourth-order valence-electron chi connectivity index (χ4n) is 1.37. The maximum absolute atomic E-state index is 11.6. The first-order valence-electron chi connectivity index (χ1n) is 5.45. The molecule has 0 aliphatic rings. The number of ether oxygens (including phenoxy) is 1. The summed E-state index contributed by atoms with van der Waals surface area (Å²) >= 11 is 0. The molecule has 19 heavy (non-hydrogen) atoms. The number of carbonyl (C=O) groups excluding carboxylic acids is 1. The lowest BCUT2D eigenvalue weighted by molar-refractivity contribution is -0.303. The standard InChI is InChI=1S/C13H13NO5/c1-2-19-13(18)9(11(15)12(16)17)10(14)8-6-4-3-5-7-8/h3-7,14-15H,2H2,1H3,(H,16,17)/p-1/b11-9-,14-10?. The molecule has 0 spiro atoms. The highest BCUT2D eigenvalue weighted by Crippen LogP contribution is 2.12. The highest BCUT2D eigenvalue weighted by molar-refractivity contribution is 6.27. The van der Waals surface area contributed by atoms with Crippen molar-refractivity contribution < 1.29 is 24.5 Å². The topological polar surface area (TPSA) is 111 Å². The van der Waals surface area contributed by atoms with E-state index < -0.39 is 29.0 Å². The maximum atomic E-state index is 11.6. The van der Waals surface area contributed by atoms with Gasteiger partial charge in [-0.3, -0.25) is 5.41 Å². The number of esters is 1. The average Bonchev–Trinajstić information content (AvgIpc) is 2.40. The van der Waals surface area contributed by atoms with Crippen LogP contribution in [0.5, 0.6) is 0 Å². The van der Waals surface area contributed by atoms with Crippen molar-refractivity contribution in [3.63, 3.8) is 0 Å². The van der Waals surface area contributed by atoms with E-state index in [-0.39, 0.29) is 12.2 Å². The number of nitrogens with one attached hydrogen (secondary N) is 1. The van der Waals surface area contributed by atoms with Crippen LogP contribution in [0.15, 0.2) is 41.7 Å². The van der Waals surface area contributed by atoms with Crippen LogP contribution in [0.25, 0.3) is 0 Å². The lowest BCUT2D eigenvalue weighted by Crippen LogP contribution is -2.27. The van der Waals surface area contributed by atoms with Crippen LogP contribution in [0.3, 0.4) is 0 Å². The van der Waals surface area contributed by atoms with Crippen molar-refractivity contribution in [2.24, 2.45) is 0 Å². The highest BCUT2D eigenvalue weighted by Gasteiger charge is 2.21. The van der Waals surface area contributed by atoms with Gasteiger partial charge in [-0.25, -0.2) is 9.59 Å². The largest absolute Gasteiger partial charge is 0.867 e. The van der Waals surface area contributed by atoms with Gasteiger partial charge in [0, 0.05) is 5.56 Å². The molecular weight excluding hydrogens is 250 g/mol. The Kier molecular flexibility index (Phi) is 4.82. The van der Waals surface area contributed by atoms with Crippen LogP contribution < -0.4 is 5.11 Å². The fourth-order valence-corrected chi connectivity index (χ4v) is 1.37. The molecule has 0 bridgehead atoms. The summed E-state index contributed by atoms with van der Waals surface area (Å²) < 4.78 is 4.62. The smallest absolute Gasteiger partial charge is 0.339 e. The molecule has 1 aromatic rings. The molecule has 0 heterocycles. The number of carboxylic acid groups (broad SMARTS) is 1. The normalized spacial score (nSPS) is 11.4. The van der Waals surface area contributed by atoms with Crippen LogP contribution >= 0.6 is 0 Å². The number of benzene rings is 1. The molecule has 0 aromatic heterocycles. The fraction of sp³-hybridized carbons (Fsp3) is 0.154. The zero-order valence-corrected chi connectivity index (χ0v) is 10.2. The number of carboxylic acids is 1. The number of hydrogen-bond acceptors (Lipinski definition) is 5. The van der Waals surface area contributed by atoms with Gasteiger partial charge in [-0.1, -0.05) is 30.3 Å². The molecule has 0 atom stereocenters. The average molecular weight is 262 g/mol. The minimum absolute atomic E-state index is 0.0166. The first kappa shape index (κ1) is 14.4. The van der Waals surface area contributed by atoms with Crippen LogP contribution in [-0.4, -0.2) is 29.4 Å². The molecule has 0 saturated carbocycles. The molecule has 0 radical (unpaired) electrons. The molecule has 0 unspecified atom stereocenters. The van der Waals surface area contributed by atoms with Crippen LogP contribution in [-0.2, 0) is 14.3 Å². The summed E-state index contributed by atoms with van der Waals surface area (Å²) in [5.41, 5.74) is -0.979. The van der Waals surface area contributed by atoms with E-state index in [9.17, 15) is 14.7 Å². The first-order chi connectivity index (χ1) is 8.99. The number of hydrogen-bond donors (Lipinski definition) is 2. The second-order valence-electron chi connectivity index (χ2n) is 3.47. The molecule has 6 nitrogen and oxygen atoms in total. The highest BCUT2D eigenvalue weighted by atomic mass is 16.5. The van der Waals surface area contributed by atoms with Crippen LogP contribution in [0.1, 0.15) is 12.5 Å². The van der Waals surface area contributed by atoms with E-state index in [1.807, 2.05) is 0 Å². The molecule has 0 aliphatic carbocycles. The van der Waals surface area contributed by atoms with Gasteiger partial charge < -0.3 is 14.9 Å². The Hall–Kier alpha value is -2.63. The number of carbonyl (C=O) groups is 2. The van der Waals surface area contributed by atoms with Crippen molar-refractivity contribution in [1.82, 2.24) is 0 Å². The minimum Gasteiger partial charge on any atom is -0.867 e. The molecule has 0 saturated heterocycles. The van der Waals surface area contributed by atoms with Gasteiger partial charge in [-0.05, 0) is 12.7 Å². The Labute approximate surface area is 109 Å². The predicted octanol–water partition coefficient (Wildman–Crippen LogP) is 0.317. The van der Waals surface area contributed by atoms with E-state index in [2.05, 4.69) is 4.74 Å². The third-order valence-corrected chi connectivity index (χ3v) is 2.21. The van der Waals surface area contributed by atoms with E-state index in [0.29, 0.717) is 0 Å². The molecular formula is C13H12NO5-. The van der Waals surface area contributed by atoms with Crippen molar-refractivity contribution in [2.45, 2.75) is 6.92 Å². The second-order valence-corrected chi connectivity index (χ2v) is 3.47. The van der Waals surface area contributed by atoms with Crippen molar-refractivity contribution in [3.05, 3.63) is 47.2 Å². The number of aliphatic carboxylic acids is 1. The van der Waals surface area contributed by atoms with Gasteiger partial charge in [0.2, 0.25) is 0 Å². The SMILES string of the molecule is CCOC(=O)/C(C(=N)c1ccccc1)=C(\[O-])C(=O)O. The van der Waals surface area contributed by atoms with Gasteiger partial charge in [0.05, 0.1) is 17.9 Å². The molecule has 1 rings (SSSR count). The van der Waals surface area contributed by atoms with Gasteiger partial charge in [0.15, 0.2) is 0 Å². The predicted molar refractivity (Wildman–Crippen MR) is 64.6 cm³/mol. The van der Waals surface area contributed by atoms with Gasteiger partial charge >= 0.3 is 11.9 Å². The quantitative estimate of drug-likeness (QED) is 0.343. The van der Waals surface area contributed by atoms with E-state index >= 15 is 0 Å². The third-order valence-electron chi connectivity index (χ3n) is 2.21. The zero-order valence-electron chi connectivity index (χ0n) is 10.2. The summed E-state index contributed by atoms with van der Waals surface area (Å²) in [6.45, 7) is 1.50. The third kappa shape index (κ3) is 3.41. The van der Waals surface area contributed by atoms with E-state index in [1.165, 1.54) is 19.1 Å². The molecule has 0 aliphatic heterocycles. The van der Waals surface area contributed by atoms with Crippen LogP contribution in [0.2, 0.25) is 0 Å². The molecule has 100 valence electrons. The van der Waals surface area contributed by atoms with E-state index in [0.717, 1.165) is 0 Å². The summed E-state index contributed by atoms with van der Waals surface area (Å²) in [5, 5.41) is 28.0. The van der Waals surface area contributed by atoms with Gasteiger partial charge in [0.25, 0.3) is 0 Å². The van der Waals surface area contributed by atoms with Crippen LogP contribution in [0, 0.1) is 5.41 Å². The van der Waals surface area contributed by atoms with Crippen LogP contribution in [0.4, 0.5) is 0 Å². The lowest BCUT2D eigenvalue weighted by Gasteiger charge is -2.15. The summed E-state index contributed by atoms with van der Waals surface area (Å²) in [7, 11) is 0. The Bertz CT molecular complexity index is 533. The van der Waals surface area contributed by atoms with Crippen molar-refractivity contribution in [2.75, 3.05) is 6.61 Å². The zero-order chi connectivity index (χ0) is 14.4. The van der Waals surface area contributed by atoms with Crippen molar-refractivity contribution in [1.29, 1.82) is 5.41 Å². The van der Waals surface area contributed by atoms with E-state index in [1.54, 1.807) is 18.2 Å². The molecule has 6 heteroatoms. The van der Waals surface area contributed by atoms with Gasteiger partial charge in [-0.15, -0.1) is 0 Å². The van der Waals surface area contributed by atoms with Crippen molar-refractivity contribution in [3.8, 4) is 0 Å². The molecule has 0 fully saturated rings. The Morgan fingerprint density at radius 1 is 1.32 bits per heavy atom. The lowest BCUT2D eigenvalue weighted by atomic mass is 10.0. The summed E-state index contributed by atoms with van der Waals surface area (Å²) in [6.07, 6.45) is 0. The monoisotopic (exact) mass is 262 g/mol. The van der Waals surface area contributed by atoms with Gasteiger partial charge in [0.1, 0.15) is 0 Å². The first-order valence-corrected chi connectivity index (χ1v) is 5.45. The maximum Gasteiger partial charge on any atom is 0.339 e. The Morgan fingerprint density at radius 2 is 1.89 bits per heavy atom. The Balaban J connectivity index is 3.26. The summed E-state index contributed by atoms with van der Waals surface area (Å²) in [4.78, 5) is 22.3. The van der Waals surface area contributed by atoms with Crippen molar-refractivity contribution >= 4 is 17.7 Å². The Morgan fingerprint density at radius 3 is 2.37 bits per heavy atom. The molecule has 0 amide bonds. The summed E-state index contributed by atoms with van der Waals surface area (Å²) in [6, 6.07) is 7.91.